The number of carbonyl (C=O) groups is 1. The molecule has 0 atom stereocenters. The van der Waals surface area contributed by atoms with E-state index in [1.165, 1.54) is 7.11 Å². The summed E-state index contributed by atoms with van der Waals surface area (Å²) >= 11 is 18.9. The second kappa shape index (κ2) is 6.87. The molecule has 0 saturated carbocycles. The highest BCUT2D eigenvalue weighted by Crippen LogP contribution is 2.32. The molecule has 7 heteroatoms. The van der Waals surface area contributed by atoms with Crippen LogP contribution in [0.15, 0.2) is 24.3 Å². The molecule has 0 aliphatic heterocycles. The molecule has 3 aromatic rings. The van der Waals surface area contributed by atoms with Crippen LogP contribution in [-0.2, 0) is 18.2 Å². The number of imidazole rings is 1. The number of benzene rings is 2. The van der Waals surface area contributed by atoms with Gasteiger partial charge in [-0.15, -0.1) is 0 Å². The van der Waals surface area contributed by atoms with Gasteiger partial charge in [0.2, 0.25) is 0 Å². The Bertz CT molecular complexity index is 996. The summed E-state index contributed by atoms with van der Waals surface area (Å²) in [6.07, 6.45) is 0.380. The largest absolute Gasteiger partial charge is 0.465 e. The third-order valence-electron chi connectivity index (χ3n) is 4.16. The Balaban J connectivity index is 2.12. The zero-order valence-corrected chi connectivity index (χ0v) is 16.1. The van der Waals surface area contributed by atoms with E-state index in [0.29, 0.717) is 22.0 Å². The average Bonchev–Trinajstić information content (AvgIpc) is 2.88. The smallest absolute Gasteiger partial charge is 0.339 e. The van der Waals surface area contributed by atoms with Crippen molar-refractivity contribution in [1.82, 2.24) is 9.55 Å². The van der Waals surface area contributed by atoms with Gasteiger partial charge in [0, 0.05) is 23.5 Å². The highest BCUT2D eigenvalue weighted by atomic mass is 35.5. The van der Waals surface area contributed by atoms with Crippen molar-refractivity contribution in [3.63, 3.8) is 0 Å². The molecule has 25 heavy (non-hydrogen) atoms. The Hall–Kier alpha value is -1.75. The molecule has 0 fully saturated rings. The number of carbonyl (C=O) groups excluding carboxylic acids is 1. The molecule has 4 nitrogen and oxygen atoms in total. The van der Waals surface area contributed by atoms with Crippen molar-refractivity contribution >= 4 is 51.8 Å². The normalized spacial score (nSPS) is 11.1. The fourth-order valence-electron chi connectivity index (χ4n) is 2.81. The molecule has 2 aromatic carbocycles. The van der Waals surface area contributed by atoms with E-state index in [4.69, 9.17) is 44.5 Å². The van der Waals surface area contributed by atoms with Gasteiger partial charge in [0.05, 0.1) is 28.7 Å². The van der Waals surface area contributed by atoms with Gasteiger partial charge < -0.3 is 9.30 Å². The minimum Gasteiger partial charge on any atom is -0.465 e. The number of fused-ring (bicyclic) bond motifs is 1. The Morgan fingerprint density at radius 2 is 1.96 bits per heavy atom. The number of halogens is 3. The molecule has 0 spiro atoms. The van der Waals surface area contributed by atoms with Crippen LogP contribution in [0, 0.1) is 6.92 Å². The van der Waals surface area contributed by atoms with Crippen molar-refractivity contribution < 1.29 is 9.53 Å². The number of nitrogens with zero attached hydrogens (tertiary/aromatic N) is 2. The van der Waals surface area contributed by atoms with Crippen LogP contribution in [0.4, 0.5) is 0 Å². The van der Waals surface area contributed by atoms with Gasteiger partial charge in [-0.05, 0) is 42.3 Å². The maximum absolute atomic E-state index is 11.9. The molecule has 3 rings (SSSR count). The van der Waals surface area contributed by atoms with E-state index in [1.807, 2.05) is 30.7 Å². The molecule has 0 unspecified atom stereocenters. The van der Waals surface area contributed by atoms with Gasteiger partial charge in [-0.3, -0.25) is 0 Å². The summed E-state index contributed by atoms with van der Waals surface area (Å²) in [6, 6.07) is 6.94. The van der Waals surface area contributed by atoms with Crippen LogP contribution >= 0.6 is 34.8 Å². The summed E-state index contributed by atoms with van der Waals surface area (Å²) in [4.78, 5) is 16.6. The number of rotatable bonds is 3. The molecule has 1 heterocycles. The Morgan fingerprint density at radius 1 is 1.24 bits per heavy atom. The number of aromatic nitrogens is 2. The lowest BCUT2D eigenvalue weighted by Crippen LogP contribution is -2.06. The fraction of sp³-hybridized carbons (Fsp3) is 0.222. The first-order valence-electron chi connectivity index (χ1n) is 7.50. The van der Waals surface area contributed by atoms with Crippen LogP contribution in [0.5, 0.6) is 0 Å². The predicted octanol–water partition coefficient (Wildman–Crippen LogP) is 5.22. The van der Waals surface area contributed by atoms with Crippen LogP contribution in [0.1, 0.15) is 27.3 Å². The van der Waals surface area contributed by atoms with Gasteiger partial charge in [0.1, 0.15) is 5.82 Å². The van der Waals surface area contributed by atoms with Crippen LogP contribution in [0.3, 0.4) is 0 Å². The summed E-state index contributed by atoms with van der Waals surface area (Å²) < 4.78 is 6.71. The first-order valence-corrected chi connectivity index (χ1v) is 8.63. The van der Waals surface area contributed by atoms with Crippen molar-refractivity contribution in [3.05, 3.63) is 61.8 Å². The van der Waals surface area contributed by atoms with E-state index in [9.17, 15) is 4.79 Å². The molecular weight excluding hydrogens is 383 g/mol. The van der Waals surface area contributed by atoms with Crippen molar-refractivity contribution in [3.8, 4) is 0 Å². The van der Waals surface area contributed by atoms with E-state index in [2.05, 4.69) is 0 Å². The number of esters is 1. The Morgan fingerprint density at radius 3 is 2.64 bits per heavy atom. The lowest BCUT2D eigenvalue weighted by Gasteiger charge is -2.10. The molecule has 0 bridgehead atoms. The third kappa shape index (κ3) is 3.22. The van der Waals surface area contributed by atoms with E-state index in [0.717, 1.165) is 22.4 Å². The molecule has 0 N–H and O–H groups in total. The zero-order chi connectivity index (χ0) is 18.3. The maximum atomic E-state index is 11.9. The van der Waals surface area contributed by atoms with E-state index >= 15 is 0 Å². The van der Waals surface area contributed by atoms with E-state index in [-0.39, 0.29) is 10.6 Å². The Kier molecular flexibility index (Phi) is 4.96. The fourth-order valence-corrected chi connectivity index (χ4v) is 3.65. The highest BCUT2D eigenvalue weighted by Gasteiger charge is 2.19. The van der Waals surface area contributed by atoms with Gasteiger partial charge >= 0.3 is 5.97 Å². The lowest BCUT2D eigenvalue weighted by molar-refractivity contribution is 0.0601. The van der Waals surface area contributed by atoms with Gasteiger partial charge in [-0.1, -0.05) is 34.8 Å². The summed E-state index contributed by atoms with van der Waals surface area (Å²) in [7, 11) is 3.22. The van der Waals surface area contributed by atoms with Gasteiger partial charge in [-0.25, -0.2) is 9.78 Å². The molecule has 0 amide bonds. The molecule has 0 aliphatic carbocycles. The summed E-state index contributed by atoms with van der Waals surface area (Å²) in [5, 5.41) is 1.41. The zero-order valence-electron chi connectivity index (χ0n) is 13.9. The van der Waals surface area contributed by atoms with Crippen molar-refractivity contribution in [1.29, 1.82) is 0 Å². The predicted molar refractivity (Wildman–Crippen MR) is 101 cm³/mol. The average molecular weight is 398 g/mol. The second-order valence-electron chi connectivity index (χ2n) is 5.73. The second-order valence-corrected chi connectivity index (χ2v) is 6.95. The maximum Gasteiger partial charge on any atom is 0.339 e. The van der Waals surface area contributed by atoms with Crippen molar-refractivity contribution in [2.24, 2.45) is 7.05 Å². The standard InChI is InChI=1S/C18H15Cl3N2O2/c1-9-6-10(19)7-14-17(9)22-15(23(14)2)8-12-13(20)5-4-11(16(12)21)18(24)25-3/h4-7H,8H2,1-3H3. The number of aryl methyl sites for hydroxylation is 2. The molecule has 0 saturated heterocycles. The number of hydrogen-bond donors (Lipinski definition) is 0. The van der Waals surface area contributed by atoms with Crippen LogP contribution in [-0.4, -0.2) is 22.6 Å². The molecule has 0 radical (unpaired) electrons. The number of hydrogen-bond acceptors (Lipinski definition) is 3. The van der Waals surface area contributed by atoms with Crippen LogP contribution in [0.25, 0.3) is 11.0 Å². The summed E-state index contributed by atoms with van der Waals surface area (Å²) in [6.45, 7) is 1.96. The minimum atomic E-state index is -0.504. The molecule has 0 aliphatic rings. The SMILES string of the molecule is COC(=O)c1ccc(Cl)c(Cc2nc3c(C)cc(Cl)cc3n2C)c1Cl. The van der Waals surface area contributed by atoms with E-state index < -0.39 is 5.97 Å². The molecular formula is C18H15Cl3N2O2. The Labute approximate surface area is 160 Å². The van der Waals surface area contributed by atoms with Crippen molar-refractivity contribution in [2.75, 3.05) is 7.11 Å². The minimum absolute atomic E-state index is 0.279. The third-order valence-corrected chi connectivity index (χ3v) is 5.16. The topological polar surface area (TPSA) is 44.1 Å². The molecule has 130 valence electrons. The number of methoxy groups -OCH3 is 1. The van der Waals surface area contributed by atoms with Crippen LogP contribution in [0.2, 0.25) is 15.1 Å². The number of ether oxygens (including phenoxy) is 1. The molecule has 1 aromatic heterocycles. The monoisotopic (exact) mass is 396 g/mol. The van der Waals surface area contributed by atoms with Crippen LogP contribution < -0.4 is 0 Å². The van der Waals surface area contributed by atoms with Crippen molar-refractivity contribution in [2.45, 2.75) is 13.3 Å². The van der Waals surface area contributed by atoms with Gasteiger partial charge in [-0.2, -0.15) is 0 Å². The first-order chi connectivity index (χ1) is 11.8. The highest BCUT2D eigenvalue weighted by molar-refractivity contribution is 6.38. The summed E-state index contributed by atoms with van der Waals surface area (Å²) in [5.74, 6) is 0.265. The first kappa shape index (κ1) is 18.1. The summed E-state index contributed by atoms with van der Waals surface area (Å²) in [5.41, 5.74) is 3.70. The van der Waals surface area contributed by atoms with Gasteiger partial charge in [0.15, 0.2) is 0 Å². The quantitative estimate of drug-likeness (QED) is 0.569. The van der Waals surface area contributed by atoms with Gasteiger partial charge in [0.25, 0.3) is 0 Å². The lowest BCUT2D eigenvalue weighted by atomic mass is 10.1. The van der Waals surface area contributed by atoms with E-state index in [1.54, 1.807) is 12.1 Å².